The maximum absolute atomic E-state index is 12.0. The summed E-state index contributed by atoms with van der Waals surface area (Å²) in [6.45, 7) is 0.979. The molecular formula is C17H18N2O5S. The van der Waals surface area contributed by atoms with Gasteiger partial charge in [-0.05, 0) is 29.6 Å². The third-order valence-corrected chi connectivity index (χ3v) is 3.93. The SMILES string of the molecule is COc1ccc(NC(C)=O)cc1NC(=O)COC(=O)Cc1cccs1. The van der Waals surface area contributed by atoms with Gasteiger partial charge in [0.05, 0.1) is 19.2 Å². The number of anilines is 2. The fourth-order valence-corrected chi connectivity index (χ4v) is 2.72. The maximum atomic E-state index is 12.0. The second kappa shape index (κ2) is 8.84. The third-order valence-electron chi connectivity index (χ3n) is 3.06. The van der Waals surface area contributed by atoms with E-state index in [1.807, 2.05) is 17.5 Å². The molecule has 7 nitrogen and oxygen atoms in total. The Hall–Kier alpha value is -2.87. The molecule has 2 amide bonds. The van der Waals surface area contributed by atoms with Crippen molar-refractivity contribution < 1.29 is 23.9 Å². The molecule has 0 atom stereocenters. The van der Waals surface area contributed by atoms with Gasteiger partial charge < -0.3 is 20.1 Å². The topological polar surface area (TPSA) is 93.7 Å². The van der Waals surface area contributed by atoms with Crippen molar-refractivity contribution in [1.29, 1.82) is 0 Å². The lowest BCUT2D eigenvalue weighted by atomic mass is 10.2. The quantitative estimate of drug-likeness (QED) is 0.738. The Morgan fingerprint density at radius 1 is 1.16 bits per heavy atom. The minimum Gasteiger partial charge on any atom is -0.495 e. The van der Waals surface area contributed by atoms with Crippen molar-refractivity contribution in [3.8, 4) is 5.75 Å². The zero-order valence-electron chi connectivity index (χ0n) is 13.8. The summed E-state index contributed by atoms with van der Waals surface area (Å²) in [6, 6.07) is 8.49. The van der Waals surface area contributed by atoms with Crippen molar-refractivity contribution in [2.75, 3.05) is 24.4 Å². The molecule has 2 aromatic rings. The van der Waals surface area contributed by atoms with E-state index in [0.29, 0.717) is 17.1 Å². The van der Waals surface area contributed by atoms with E-state index in [-0.39, 0.29) is 12.3 Å². The zero-order chi connectivity index (χ0) is 18.2. The van der Waals surface area contributed by atoms with Gasteiger partial charge >= 0.3 is 5.97 Å². The highest BCUT2D eigenvalue weighted by Gasteiger charge is 2.12. The first kappa shape index (κ1) is 18.5. The van der Waals surface area contributed by atoms with Crippen LogP contribution in [-0.2, 0) is 25.5 Å². The number of methoxy groups -OCH3 is 1. The molecule has 1 heterocycles. The van der Waals surface area contributed by atoms with E-state index in [1.165, 1.54) is 25.4 Å². The lowest BCUT2D eigenvalue weighted by molar-refractivity contribution is -0.146. The van der Waals surface area contributed by atoms with Gasteiger partial charge in [0.2, 0.25) is 5.91 Å². The molecule has 2 rings (SSSR count). The minimum absolute atomic E-state index is 0.131. The molecule has 2 N–H and O–H groups in total. The Balaban J connectivity index is 1.92. The Bertz CT molecular complexity index is 758. The first-order valence-electron chi connectivity index (χ1n) is 7.41. The standard InChI is InChI=1S/C17H18N2O5S/c1-11(20)18-12-5-6-15(23-2)14(8-12)19-16(21)10-24-17(22)9-13-4-3-7-25-13/h3-8H,9-10H2,1-2H3,(H,18,20)(H,19,21). The summed E-state index contributed by atoms with van der Waals surface area (Å²) in [5.41, 5.74) is 0.881. The predicted molar refractivity (Wildman–Crippen MR) is 94.9 cm³/mol. The molecule has 132 valence electrons. The van der Waals surface area contributed by atoms with Crippen LogP contribution in [0.2, 0.25) is 0 Å². The monoisotopic (exact) mass is 362 g/mol. The number of hydrogen-bond donors (Lipinski definition) is 2. The molecule has 8 heteroatoms. The van der Waals surface area contributed by atoms with E-state index < -0.39 is 18.5 Å². The summed E-state index contributed by atoms with van der Waals surface area (Å²) in [5, 5.41) is 7.08. The number of nitrogens with one attached hydrogen (secondary N) is 2. The van der Waals surface area contributed by atoms with E-state index in [2.05, 4.69) is 10.6 Å². The molecule has 25 heavy (non-hydrogen) atoms. The van der Waals surface area contributed by atoms with Crippen LogP contribution < -0.4 is 15.4 Å². The van der Waals surface area contributed by atoms with Crippen LogP contribution in [0.15, 0.2) is 35.7 Å². The van der Waals surface area contributed by atoms with Gasteiger partial charge in [-0.2, -0.15) is 0 Å². The molecule has 0 saturated heterocycles. The van der Waals surface area contributed by atoms with Crippen LogP contribution in [0.1, 0.15) is 11.8 Å². The number of rotatable bonds is 7. The Morgan fingerprint density at radius 2 is 1.96 bits per heavy atom. The fraction of sp³-hybridized carbons (Fsp3) is 0.235. The first-order chi connectivity index (χ1) is 12.0. The number of carbonyl (C=O) groups is 3. The second-order valence-electron chi connectivity index (χ2n) is 5.06. The van der Waals surface area contributed by atoms with Gasteiger partial charge in [-0.25, -0.2) is 0 Å². The second-order valence-corrected chi connectivity index (χ2v) is 6.09. The van der Waals surface area contributed by atoms with Crippen molar-refractivity contribution in [3.05, 3.63) is 40.6 Å². The molecular weight excluding hydrogens is 344 g/mol. The largest absolute Gasteiger partial charge is 0.495 e. The molecule has 1 aromatic carbocycles. The Kier molecular flexibility index (Phi) is 6.53. The lowest BCUT2D eigenvalue weighted by Gasteiger charge is -2.12. The van der Waals surface area contributed by atoms with Crippen LogP contribution in [0, 0.1) is 0 Å². The summed E-state index contributed by atoms with van der Waals surface area (Å²) in [5.74, 6) is -0.785. The third kappa shape index (κ3) is 5.92. The van der Waals surface area contributed by atoms with Gasteiger partial charge in [-0.15, -0.1) is 11.3 Å². The van der Waals surface area contributed by atoms with E-state index in [0.717, 1.165) is 4.88 Å². The Labute approximate surface area is 148 Å². The normalized spacial score (nSPS) is 10.0. The summed E-state index contributed by atoms with van der Waals surface area (Å²) >= 11 is 1.45. The number of thiophene rings is 1. The van der Waals surface area contributed by atoms with E-state index in [9.17, 15) is 14.4 Å². The minimum atomic E-state index is -0.502. The highest BCUT2D eigenvalue weighted by atomic mass is 32.1. The van der Waals surface area contributed by atoms with E-state index in [1.54, 1.807) is 18.2 Å². The Morgan fingerprint density at radius 3 is 2.60 bits per heavy atom. The predicted octanol–water partition coefficient (Wildman–Crippen LogP) is 2.44. The number of amides is 2. The van der Waals surface area contributed by atoms with E-state index in [4.69, 9.17) is 9.47 Å². The highest BCUT2D eigenvalue weighted by molar-refractivity contribution is 7.10. The number of carbonyl (C=O) groups excluding carboxylic acids is 3. The summed E-state index contributed by atoms with van der Waals surface area (Å²) < 4.78 is 10.1. The van der Waals surface area contributed by atoms with Crippen LogP contribution in [0.5, 0.6) is 5.75 Å². The molecule has 0 aliphatic rings. The van der Waals surface area contributed by atoms with Gasteiger partial charge in [-0.3, -0.25) is 14.4 Å². The molecule has 0 aliphatic heterocycles. The number of benzene rings is 1. The lowest BCUT2D eigenvalue weighted by Crippen LogP contribution is -2.22. The molecule has 0 spiro atoms. The number of hydrogen-bond acceptors (Lipinski definition) is 6. The molecule has 0 bridgehead atoms. The van der Waals surface area contributed by atoms with Gasteiger partial charge in [-0.1, -0.05) is 6.07 Å². The summed E-state index contributed by atoms with van der Waals surface area (Å²) in [4.78, 5) is 35.7. The van der Waals surface area contributed by atoms with Crippen molar-refractivity contribution in [1.82, 2.24) is 0 Å². The van der Waals surface area contributed by atoms with Crippen LogP contribution in [-0.4, -0.2) is 31.5 Å². The average molecular weight is 362 g/mol. The number of esters is 1. The molecule has 0 fully saturated rings. The van der Waals surface area contributed by atoms with Crippen molar-refractivity contribution in [2.45, 2.75) is 13.3 Å². The molecule has 1 aromatic heterocycles. The molecule has 0 unspecified atom stereocenters. The van der Waals surface area contributed by atoms with Gasteiger partial charge in [0.25, 0.3) is 5.91 Å². The van der Waals surface area contributed by atoms with Crippen LogP contribution in [0.25, 0.3) is 0 Å². The zero-order valence-corrected chi connectivity index (χ0v) is 14.6. The van der Waals surface area contributed by atoms with Crippen LogP contribution in [0.3, 0.4) is 0 Å². The van der Waals surface area contributed by atoms with Crippen molar-refractivity contribution >= 4 is 40.5 Å². The van der Waals surface area contributed by atoms with Gasteiger partial charge in [0.1, 0.15) is 5.75 Å². The fourth-order valence-electron chi connectivity index (χ4n) is 2.03. The maximum Gasteiger partial charge on any atom is 0.311 e. The molecule has 0 radical (unpaired) electrons. The first-order valence-corrected chi connectivity index (χ1v) is 8.29. The van der Waals surface area contributed by atoms with E-state index >= 15 is 0 Å². The number of ether oxygens (including phenoxy) is 2. The molecule has 0 saturated carbocycles. The highest BCUT2D eigenvalue weighted by Crippen LogP contribution is 2.27. The van der Waals surface area contributed by atoms with Crippen molar-refractivity contribution in [2.24, 2.45) is 0 Å². The smallest absolute Gasteiger partial charge is 0.311 e. The summed E-state index contributed by atoms with van der Waals surface area (Å²) in [6.07, 6.45) is 0.131. The average Bonchev–Trinajstić information content (AvgIpc) is 3.05. The van der Waals surface area contributed by atoms with Gasteiger partial charge in [0, 0.05) is 17.5 Å². The van der Waals surface area contributed by atoms with Crippen LogP contribution in [0.4, 0.5) is 11.4 Å². The summed E-state index contributed by atoms with van der Waals surface area (Å²) in [7, 11) is 1.46. The van der Waals surface area contributed by atoms with Gasteiger partial charge in [0.15, 0.2) is 6.61 Å². The van der Waals surface area contributed by atoms with Crippen LogP contribution >= 0.6 is 11.3 Å². The van der Waals surface area contributed by atoms with Crippen molar-refractivity contribution in [3.63, 3.8) is 0 Å². The molecule has 0 aliphatic carbocycles.